The van der Waals surface area contributed by atoms with E-state index in [4.69, 9.17) is 15.6 Å². The lowest BCUT2D eigenvalue weighted by atomic mass is 10.1. The van der Waals surface area contributed by atoms with Gasteiger partial charge < -0.3 is 15.8 Å². The number of primary amides is 1. The van der Waals surface area contributed by atoms with E-state index in [9.17, 15) is 18.0 Å². The quantitative estimate of drug-likeness (QED) is 0.641. The van der Waals surface area contributed by atoms with Gasteiger partial charge in [0, 0.05) is 12.1 Å². The molecule has 0 atom stereocenters. The van der Waals surface area contributed by atoms with Crippen molar-refractivity contribution in [3.63, 3.8) is 0 Å². The molecule has 138 valence electrons. The molecular formula is C17H19N3O5S. The third-order valence-electron chi connectivity index (χ3n) is 3.65. The summed E-state index contributed by atoms with van der Waals surface area (Å²) >= 11 is 0. The van der Waals surface area contributed by atoms with Crippen molar-refractivity contribution in [2.75, 3.05) is 13.7 Å². The van der Waals surface area contributed by atoms with Gasteiger partial charge in [0.1, 0.15) is 5.75 Å². The van der Waals surface area contributed by atoms with Crippen LogP contribution in [0.5, 0.6) is 5.75 Å². The Bertz CT molecular complexity index is 941. The molecule has 2 aromatic carbocycles. The Morgan fingerprint density at radius 1 is 1.15 bits per heavy atom. The van der Waals surface area contributed by atoms with E-state index >= 15 is 0 Å². The van der Waals surface area contributed by atoms with E-state index in [1.54, 1.807) is 24.3 Å². The van der Waals surface area contributed by atoms with E-state index < -0.39 is 21.8 Å². The summed E-state index contributed by atoms with van der Waals surface area (Å²) in [5, 5.41) is 7.77. The molecule has 0 unspecified atom stereocenters. The number of nitrogens with one attached hydrogen (secondary N) is 1. The molecule has 0 fully saturated rings. The van der Waals surface area contributed by atoms with Crippen LogP contribution < -0.4 is 20.9 Å². The molecule has 8 nitrogen and oxygen atoms in total. The summed E-state index contributed by atoms with van der Waals surface area (Å²) in [4.78, 5) is 23.4. The van der Waals surface area contributed by atoms with Crippen LogP contribution in [0.1, 0.15) is 26.3 Å². The maximum atomic E-state index is 12.4. The monoisotopic (exact) mass is 377 g/mol. The Morgan fingerprint density at radius 3 is 2.50 bits per heavy atom. The van der Waals surface area contributed by atoms with Crippen molar-refractivity contribution in [1.29, 1.82) is 0 Å². The van der Waals surface area contributed by atoms with Crippen LogP contribution in [0.25, 0.3) is 0 Å². The molecule has 0 bridgehead atoms. The van der Waals surface area contributed by atoms with Gasteiger partial charge in [0.2, 0.25) is 15.9 Å². The number of methoxy groups -OCH3 is 1. The SMILES string of the molecule is COc1ccc(S(N)(=O)=O)cc1C(=O)NCCc1cccc(C(N)=O)c1. The molecule has 2 rings (SSSR count). The minimum Gasteiger partial charge on any atom is -0.496 e. The Labute approximate surface area is 151 Å². The van der Waals surface area contributed by atoms with Gasteiger partial charge >= 0.3 is 0 Å². The van der Waals surface area contributed by atoms with E-state index in [0.29, 0.717) is 12.0 Å². The Morgan fingerprint density at radius 2 is 1.88 bits per heavy atom. The third kappa shape index (κ3) is 4.80. The van der Waals surface area contributed by atoms with Crippen LogP contribution in [0.15, 0.2) is 47.4 Å². The van der Waals surface area contributed by atoms with E-state index in [1.165, 1.54) is 19.2 Å². The Balaban J connectivity index is 2.10. The lowest BCUT2D eigenvalue weighted by Crippen LogP contribution is -2.26. The highest BCUT2D eigenvalue weighted by atomic mass is 32.2. The summed E-state index contributed by atoms with van der Waals surface area (Å²) in [7, 11) is -2.57. The average molecular weight is 377 g/mol. The van der Waals surface area contributed by atoms with Crippen molar-refractivity contribution in [2.24, 2.45) is 10.9 Å². The van der Waals surface area contributed by atoms with Crippen LogP contribution >= 0.6 is 0 Å². The molecule has 9 heteroatoms. The van der Waals surface area contributed by atoms with Crippen LogP contribution in [0.2, 0.25) is 0 Å². The van der Waals surface area contributed by atoms with Gasteiger partial charge in [-0.25, -0.2) is 13.6 Å². The second-order valence-corrected chi connectivity index (χ2v) is 7.04. The molecule has 0 heterocycles. The first-order chi connectivity index (χ1) is 12.2. The standard InChI is InChI=1S/C17H19N3O5S/c1-25-15-6-5-13(26(19,23)24)10-14(15)17(22)20-8-7-11-3-2-4-12(9-11)16(18)21/h2-6,9-10H,7-8H2,1H3,(H2,18,21)(H,20,22)(H2,19,23,24). The smallest absolute Gasteiger partial charge is 0.255 e. The van der Waals surface area contributed by atoms with Gasteiger partial charge in [-0.1, -0.05) is 12.1 Å². The molecule has 26 heavy (non-hydrogen) atoms. The van der Waals surface area contributed by atoms with E-state index in [0.717, 1.165) is 11.6 Å². The lowest BCUT2D eigenvalue weighted by molar-refractivity contribution is 0.0949. The predicted octanol–water partition coefficient (Wildman–Crippen LogP) is 0.414. The zero-order valence-corrected chi connectivity index (χ0v) is 14.9. The minimum atomic E-state index is -3.94. The third-order valence-corrected chi connectivity index (χ3v) is 4.57. The number of carbonyl (C=O) groups excluding carboxylic acids is 2. The summed E-state index contributed by atoms with van der Waals surface area (Å²) in [6.45, 7) is 0.268. The van der Waals surface area contributed by atoms with Crippen LogP contribution in [0.3, 0.4) is 0 Å². The molecule has 5 N–H and O–H groups in total. The first-order valence-corrected chi connectivity index (χ1v) is 9.15. The Kier molecular flexibility index (Phi) is 5.96. The van der Waals surface area contributed by atoms with Gasteiger partial charge in [-0.2, -0.15) is 0 Å². The number of hydrogen-bond acceptors (Lipinski definition) is 5. The van der Waals surface area contributed by atoms with Crippen LogP contribution in [-0.4, -0.2) is 33.9 Å². The molecule has 0 aliphatic carbocycles. The highest BCUT2D eigenvalue weighted by molar-refractivity contribution is 7.89. The molecule has 0 radical (unpaired) electrons. The summed E-state index contributed by atoms with van der Waals surface area (Å²) in [6, 6.07) is 10.6. The van der Waals surface area contributed by atoms with Gasteiger partial charge in [-0.3, -0.25) is 9.59 Å². The maximum Gasteiger partial charge on any atom is 0.255 e. The number of nitrogens with two attached hydrogens (primary N) is 2. The van der Waals surface area contributed by atoms with E-state index in [2.05, 4.69) is 5.32 Å². The second kappa shape index (κ2) is 7.98. The van der Waals surface area contributed by atoms with Crippen molar-refractivity contribution >= 4 is 21.8 Å². The fraction of sp³-hybridized carbons (Fsp3) is 0.176. The number of hydrogen-bond donors (Lipinski definition) is 3. The zero-order valence-electron chi connectivity index (χ0n) is 14.1. The van der Waals surface area contributed by atoms with Gasteiger partial charge in [0.05, 0.1) is 17.6 Å². The molecule has 2 aromatic rings. The minimum absolute atomic E-state index is 0.0601. The Hall–Kier alpha value is -2.91. The molecule has 0 saturated heterocycles. The van der Waals surface area contributed by atoms with Gasteiger partial charge in [0.25, 0.3) is 5.91 Å². The molecule has 2 amide bonds. The molecule has 0 spiro atoms. The number of sulfonamides is 1. The predicted molar refractivity (Wildman–Crippen MR) is 95.4 cm³/mol. The number of benzene rings is 2. The number of primary sulfonamides is 1. The number of ether oxygens (including phenoxy) is 1. The van der Waals surface area contributed by atoms with Crippen molar-refractivity contribution in [2.45, 2.75) is 11.3 Å². The van der Waals surface area contributed by atoms with Crippen LogP contribution in [0, 0.1) is 0 Å². The van der Waals surface area contributed by atoms with Gasteiger partial charge in [-0.05, 0) is 42.3 Å². The fourth-order valence-electron chi connectivity index (χ4n) is 2.34. The van der Waals surface area contributed by atoms with Gasteiger partial charge in [0.15, 0.2) is 0 Å². The normalized spacial score (nSPS) is 11.0. The summed E-state index contributed by atoms with van der Waals surface area (Å²) in [5.41, 5.74) is 6.51. The summed E-state index contributed by atoms with van der Waals surface area (Å²) < 4.78 is 28.0. The second-order valence-electron chi connectivity index (χ2n) is 5.48. The van der Waals surface area contributed by atoms with Crippen LogP contribution in [-0.2, 0) is 16.4 Å². The summed E-state index contributed by atoms with van der Waals surface area (Å²) in [5.74, 6) is -0.801. The molecular weight excluding hydrogens is 358 g/mol. The van der Waals surface area contributed by atoms with E-state index in [1.807, 2.05) is 0 Å². The van der Waals surface area contributed by atoms with E-state index in [-0.39, 0.29) is 22.8 Å². The zero-order chi connectivity index (χ0) is 19.3. The fourth-order valence-corrected chi connectivity index (χ4v) is 2.88. The molecule has 0 aromatic heterocycles. The van der Waals surface area contributed by atoms with Crippen molar-refractivity contribution < 1.29 is 22.7 Å². The van der Waals surface area contributed by atoms with Crippen molar-refractivity contribution in [3.05, 3.63) is 59.2 Å². The molecule has 0 aliphatic rings. The number of carbonyl (C=O) groups is 2. The average Bonchev–Trinajstić information content (AvgIpc) is 2.60. The van der Waals surface area contributed by atoms with Crippen LogP contribution in [0.4, 0.5) is 0 Å². The topological polar surface area (TPSA) is 142 Å². The molecule has 0 aliphatic heterocycles. The first kappa shape index (κ1) is 19.4. The molecule has 0 saturated carbocycles. The van der Waals surface area contributed by atoms with Crippen molar-refractivity contribution in [1.82, 2.24) is 5.32 Å². The van der Waals surface area contributed by atoms with Crippen molar-refractivity contribution in [3.8, 4) is 5.75 Å². The number of amides is 2. The lowest BCUT2D eigenvalue weighted by Gasteiger charge is -2.11. The largest absolute Gasteiger partial charge is 0.496 e. The first-order valence-electron chi connectivity index (χ1n) is 7.60. The summed E-state index contributed by atoms with van der Waals surface area (Å²) in [6.07, 6.45) is 0.462. The highest BCUT2D eigenvalue weighted by Crippen LogP contribution is 2.21. The maximum absolute atomic E-state index is 12.4. The number of rotatable bonds is 7. The van der Waals surface area contributed by atoms with Gasteiger partial charge in [-0.15, -0.1) is 0 Å². The highest BCUT2D eigenvalue weighted by Gasteiger charge is 2.17.